The van der Waals surface area contributed by atoms with Crippen molar-refractivity contribution in [3.63, 3.8) is 0 Å². The number of carbonyl (C=O) groups excluding carboxylic acids is 2. The lowest BCUT2D eigenvalue weighted by molar-refractivity contribution is -0.139. The van der Waals surface area contributed by atoms with Crippen LogP contribution in [0, 0.1) is 0 Å². The lowest BCUT2D eigenvalue weighted by Crippen LogP contribution is -2.51. The molecule has 3 aromatic rings. The molecule has 0 aliphatic heterocycles. The molecule has 3 rings (SSSR count). The fourth-order valence-corrected chi connectivity index (χ4v) is 5.43. The van der Waals surface area contributed by atoms with E-state index in [2.05, 4.69) is 5.32 Å². The minimum atomic E-state index is -4.18. The van der Waals surface area contributed by atoms with Gasteiger partial charge in [0.1, 0.15) is 12.6 Å². The van der Waals surface area contributed by atoms with Gasteiger partial charge in [-0.1, -0.05) is 65.1 Å². The maximum Gasteiger partial charge on any atom is 0.264 e. The van der Waals surface area contributed by atoms with Crippen LogP contribution in [0.3, 0.4) is 0 Å². The third kappa shape index (κ3) is 7.17. The molecule has 0 aliphatic rings. The lowest BCUT2D eigenvalue weighted by Gasteiger charge is -2.32. The minimum Gasteiger partial charge on any atom is -0.355 e. The Morgan fingerprint density at radius 1 is 0.919 bits per heavy atom. The average Bonchev–Trinajstić information content (AvgIpc) is 2.88. The molecular weight excluding hydrogens is 557 g/mol. The lowest BCUT2D eigenvalue weighted by atomic mass is 10.1. The predicted molar refractivity (Wildman–Crippen MR) is 148 cm³/mol. The molecule has 0 saturated heterocycles. The number of hydrogen-bond acceptors (Lipinski definition) is 4. The van der Waals surface area contributed by atoms with Crippen LogP contribution in [-0.2, 0) is 26.2 Å². The number of sulfonamides is 1. The first kappa shape index (κ1) is 28.8. The van der Waals surface area contributed by atoms with E-state index in [1.165, 1.54) is 35.2 Å². The largest absolute Gasteiger partial charge is 0.355 e. The number of halogens is 3. The predicted octanol–water partition coefficient (Wildman–Crippen LogP) is 5.40. The van der Waals surface area contributed by atoms with Gasteiger partial charge in [-0.05, 0) is 61.9 Å². The molecule has 0 fully saturated rings. The first-order valence-corrected chi connectivity index (χ1v) is 14.0. The Labute approximate surface area is 232 Å². The highest BCUT2D eigenvalue weighted by atomic mass is 35.5. The molecule has 0 aliphatic carbocycles. The number of hydrogen-bond donors (Lipinski definition) is 1. The topological polar surface area (TPSA) is 86.8 Å². The van der Waals surface area contributed by atoms with E-state index in [1.54, 1.807) is 56.3 Å². The second kappa shape index (κ2) is 12.6. The van der Waals surface area contributed by atoms with Gasteiger partial charge in [-0.15, -0.1) is 0 Å². The number of nitrogens with one attached hydrogen (secondary N) is 1. The van der Waals surface area contributed by atoms with E-state index in [0.717, 1.165) is 9.87 Å². The number of benzene rings is 3. The van der Waals surface area contributed by atoms with E-state index in [1.807, 2.05) is 0 Å². The maximum atomic E-state index is 13.7. The summed E-state index contributed by atoms with van der Waals surface area (Å²) in [5.41, 5.74) is 0.879. The van der Waals surface area contributed by atoms with Crippen LogP contribution in [0.4, 0.5) is 5.69 Å². The second-order valence-corrected chi connectivity index (χ2v) is 11.3. The van der Waals surface area contributed by atoms with Crippen molar-refractivity contribution in [3.05, 3.63) is 93.4 Å². The van der Waals surface area contributed by atoms with Gasteiger partial charge in [0, 0.05) is 18.1 Å². The van der Waals surface area contributed by atoms with Crippen LogP contribution >= 0.6 is 34.8 Å². The Bertz CT molecular complexity index is 1350. The van der Waals surface area contributed by atoms with Crippen molar-refractivity contribution in [2.45, 2.75) is 31.3 Å². The molecule has 7 nitrogen and oxygen atoms in total. The molecule has 11 heteroatoms. The summed E-state index contributed by atoms with van der Waals surface area (Å²) < 4.78 is 28.3. The molecule has 37 heavy (non-hydrogen) atoms. The Hall–Kier alpha value is -2.78. The van der Waals surface area contributed by atoms with Crippen molar-refractivity contribution in [3.8, 4) is 0 Å². The van der Waals surface area contributed by atoms with Gasteiger partial charge in [-0.2, -0.15) is 0 Å². The summed E-state index contributed by atoms with van der Waals surface area (Å²) in [6.07, 6.45) is 0. The van der Waals surface area contributed by atoms with Crippen LogP contribution in [0.15, 0.2) is 77.7 Å². The highest BCUT2D eigenvalue weighted by molar-refractivity contribution is 7.92. The molecule has 0 spiro atoms. The van der Waals surface area contributed by atoms with Crippen LogP contribution in [0.1, 0.15) is 19.4 Å². The number of amides is 2. The number of rotatable bonds is 10. The van der Waals surface area contributed by atoms with Crippen molar-refractivity contribution in [1.82, 2.24) is 10.2 Å². The van der Waals surface area contributed by atoms with Crippen molar-refractivity contribution in [2.75, 3.05) is 17.4 Å². The number of nitrogens with zero attached hydrogens (tertiary/aromatic N) is 2. The SMILES string of the molecule is CCNC(=O)[C@H](C)N(Cc1ccc(Cl)cc1)C(=O)CN(c1ccc(Cl)c(Cl)c1)S(=O)(=O)c1ccccc1. The quantitative estimate of drug-likeness (QED) is 0.347. The molecule has 3 aromatic carbocycles. The van der Waals surface area contributed by atoms with Gasteiger partial charge in [0.25, 0.3) is 10.0 Å². The van der Waals surface area contributed by atoms with E-state index in [-0.39, 0.29) is 33.1 Å². The monoisotopic (exact) mass is 581 g/mol. The molecule has 0 aromatic heterocycles. The second-order valence-electron chi connectivity index (χ2n) is 8.14. The van der Waals surface area contributed by atoms with E-state index in [0.29, 0.717) is 11.6 Å². The van der Waals surface area contributed by atoms with Crippen LogP contribution in [-0.4, -0.2) is 44.3 Å². The first-order valence-electron chi connectivity index (χ1n) is 11.4. The zero-order valence-corrected chi connectivity index (χ0v) is 23.3. The fourth-order valence-electron chi connectivity index (χ4n) is 3.58. The summed E-state index contributed by atoms with van der Waals surface area (Å²) in [6.45, 7) is 3.23. The molecule has 0 saturated carbocycles. The number of likely N-dealkylation sites (N-methyl/N-ethyl adjacent to an activating group) is 1. The minimum absolute atomic E-state index is 0.00472. The van der Waals surface area contributed by atoms with Crippen molar-refractivity contribution in [1.29, 1.82) is 0 Å². The van der Waals surface area contributed by atoms with Crippen molar-refractivity contribution < 1.29 is 18.0 Å². The number of anilines is 1. The summed E-state index contributed by atoms with van der Waals surface area (Å²) in [5.74, 6) is -0.948. The molecule has 2 amide bonds. The summed E-state index contributed by atoms with van der Waals surface area (Å²) in [4.78, 5) is 27.8. The fraction of sp³-hybridized carbons (Fsp3) is 0.231. The Kier molecular flexibility index (Phi) is 9.84. The highest BCUT2D eigenvalue weighted by Gasteiger charge is 2.32. The summed E-state index contributed by atoms with van der Waals surface area (Å²) >= 11 is 18.2. The molecule has 0 heterocycles. The van der Waals surface area contributed by atoms with Gasteiger partial charge >= 0.3 is 0 Å². The summed E-state index contributed by atoms with van der Waals surface area (Å²) in [6, 6.07) is 18.0. The molecular formula is C26H26Cl3N3O4S. The van der Waals surface area contributed by atoms with E-state index >= 15 is 0 Å². The Morgan fingerprint density at radius 3 is 2.16 bits per heavy atom. The first-order chi connectivity index (χ1) is 17.5. The van der Waals surface area contributed by atoms with Crippen LogP contribution in [0.2, 0.25) is 15.1 Å². The van der Waals surface area contributed by atoms with Crippen molar-refractivity contribution in [2.24, 2.45) is 0 Å². The number of carbonyl (C=O) groups is 2. The molecule has 196 valence electrons. The van der Waals surface area contributed by atoms with E-state index in [4.69, 9.17) is 34.8 Å². The van der Waals surface area contributed by atoms with Gasteiger partial charge in [0.2, 0.25) is 11.8 Å². The standard InChI is InChI=1S/C26H26Cl3N3O4S/c1-3-30-26(34)18(2)31(16-19-9-11-20(27)12-10-19)25(33)17-32(21-13-14-23(28)24(29)15-21)37(35,36)22-7-5-4-6-8-22/h4-15,18H,3,16-17H2,1-2H3,(H,30,34)/t18-/m0/s1. The van der Waals surface area contributed by atoms with Crippen molar-refractivity contribution >= 4 is 62.3 Å². The van der Waals surface area contributed by atoms with Gasteiger partial charge in [-0.25, -0.2) is 8.42 Å². The van der Waals surface area contributed by atoms with Crippen LogP contribution in [0.25, 0.3) is 0 Å². The highest BCUT2D eigenvalue weighted by Crippen LogP contribution is 2.31. The molecule has 1 N–H and O–H groups in total. The third-order valence-electron chi connectivity index (χ3n) is 5.59. The van der Waals surface area contributed by atoms with E-state index < -0.39 is 28.5 Å². The maximum absolute atomic E-state index is 13.7. The zero-order valence-electron chi connectivity index (χ0n) is 20.2. The van der Waals surface area contributed by atoms with Gasteiger partial charge in [-0.3, -0.25) is 13.9 Å². The normalized spacial score (nSPS) is 12.0. The smallest absolute Gasteiger partial charge is 0.264 e. The summed E-state index contributed by atoms with van der Waals surface area (Å²) in [5, 5.41) is 3.61. The van der Waals surface area contributed by atoms with Crippen LogP contribution in [0.5, 0.6) is 0 Å². The molecule has 0 unspecified atom stereocenters. The summed E-state index contributed by atoms with van der Waals surface area (Å²) in [7, 11) is -4.18. The Morgan fingerprint density at radius 2 is 1.57 bits per heavy atom. The van der Waals surface area contributed by atoms with Gasteiger partial charge < -0.3 is 10.2 Å². The zero-order chi connectivity index (χ0) is 27.2. The molecule has 0 radical (unpaired) electrons. The average molecular weight is 583 g/mol. The molecule has 1 atom stereocenters. The van der Waals surface area contributed by atoms with E-state index in [9.17, 15) is 18.0 Å². The third-order valence-corrected chi connectivity index (χ3v) is 8.36. The Balaban J connectivity index is 2.03. The van der Waals surface area contributed by atoms with Crippen LogP contribution < -0.4 is 9.62 Å². The van der Waals surface area contributed by atoms with Gasteiger partial charge in [0.15, 0.2) is 0 Å². The van der Waals surface area contributed by atoms with Gasteiger partial charge in [0.05, 0.1) is 20.6 Å². The molecule has 0 bridgehead atoms.